The Bertz CT molecular complexity index is 536. The second-order valence-corrected chi connectivity index (χ2v) is 5.67. The second-order valence-electron chi connectivity index (χ2n) is 4.75. The Balaban J connectivity index is 1.99. The molecule has 0 aromatic carbocycles. The van der Waals surface area contributed by atoms with Gasteiger partial charge in [-0.2, -0.15) is 0 Å². The maximum absolute atomic E-state index is 6.03. The van der Waals surface area contributed by atoms with Crippen molar-refractivity contribution in [2.75, 3.05) is 0 Å². The Labute approximate surface area is 108 Å². The fourth-order valence-electron chi connectivity index (χ4n) is 2.62. The fourth-order valence-corrected chi connectivity index (χ4v) is 2.95. The smallest absolute Gasteiger partial charge is 0.161 e. The quantitative estimate of drug-likeness (QED) is 0.879. The molecular weight excluding hydrogens is 280 g/mol. The zero-order valence-electron chi connectivity index (χ0n) is 9.51. The van der Waals surface area contributed by atoms with Crippen LogP contribution in [0.5, 0.6) is 0 Å². The van der Waals surface area contributed by atoms with E-state index in [1.807, 2.05) is 18.3 Å². The van der Waals surface area contributed by atoms with Crippen LogP contribution in [0, 0.1) is 0 Å². The summed E-state index contributed by atoms with van der Waals surface area (Å²) >= 11 is 3.45. The molecule has 1 aliphatic rings. The standard InChI is InChI=1S/C12H15BrN4/c13-9-4-5-17-11(7-9)15-16-12(17)8-2-1-3-10(14)6-8/h4-5,7-8,10H,1-3,6,14H2/t8-,10+/m0/s1. The second kappa shape index (κ2) is 4.38. The van der Waals surface area contributed by atoms with Crippen LogP contribution in [0.1, 0.15) is 37.4 Å². The highest BCUT2D eigenvalue weighted by atomic mass is 79.9. The molecule has 1 fully saturated rings. The third kappa shape index (κ3) is 2.09. The molecule has 1 aliphatic carbocycles. The van der Waals surface area contributed by atoms with Gasteiger partial charge < -0.3 is 5.73 Å². The Kier molecular flexibility index (Phi) is 2.88. The molecule has 90 valence electrons. The molecule has 0 bridgehead atoms. The van der Waals surface area contributed by atoms with Crippen LogP contribution < -0.4 is 5.73 Å². The van der Waals surface area contributed by atoms with Crippen LogP contribution in [0.3, 0.4) is 0 Å². The van der Waals surface area contributed by atoms with Gasteiger partial charge in [0.2, 0.25) is 0 Å². The van der Waals surface area contributed by atoms with Gasteiger partial charge in [0.05, 0.1) is 0 Å². The number of nitrogens with two attached hydrogens (primary N) is 1. The summed E-state index contributed by atoms with van der Waals surface area (Å²) in [4.78, 5) is 0. The third-order valence-corrected chi connectivity index (χ3v) is 3.97. The average Bonchev–Trinajstić information content (AvgIpc) is 2.71. The first-order chi connectivity index (χ1) is 8.24. The molecule has 0 saturated heterocycles. The van der Waals surface area contributed by atoms with Gasteiger partial charge in [0.15, 0.2) is 5.65 Å². The van der Waals surface area contributed by atoms with Crippen molar-refractivity contribution < 1.29 is 0 Å². The van der Waals surface area contributed by atoms with E-state index >= 15 is 0 Å². The van der Waals surface area contributed by atoms with Crippen molar-refractivity contribution in [1.29, 1.82) is 0 Å². The summed E-state index contributed by atoms with van der Waals surface area (Å²) in [7, 11) is 0. The van der Waals surface area contributed by atoms with Crippen molar-refractivity contribution in [2.24, 2.45) is 5.73 Å². The van der Waals surface area contributed by atoms with Crippen LogP contribution in [0.2, 0.25) is 0 Å². The number of rotatable bonds is 1. The summed E-state index contributed by atoms with van der Waals surface area (Å²) < 4.78 is 3.11. The minimum atomic E-state index is 0.316. The van der Waals surface area contributed by atoms with Crippen LogP contribution in [0.4, 0.5) is 0 Å². The average molecular weight is 295 g/mol. The van der Waals surface area contributed by atoms with Gasteiger partial charge >= 0.3 is 0 Å². The first-order valence-corrected chi connectivity index (χ1v) is 6.79. The maximum atomic E-state index is 6.03. The van der Waals surface area contributed by atoms with Gasteiger partial charge in [-0.3, -0.25) is 4.40 Å². The molecule has 2 atom stereocenters. The number of hydrogen-bond acceptors (Lipinski definition) is 3. The van der Waals surface area contributed by atoms with Gasteiger partial charge in [0.1, 0.15) is 5.82 Å². The Morgan fingerprint density at radius 2 is 2.24 bits per heavy atom. The van der Waals surface area contributed by atoms with Gasteiger partial charge in [0, 0.05) is 22.6 Å². The number of aromatic nitrogens is 3. The van der Waals surface area contributed by atoms with Gasteiger partial charge in [-0.05, 0) is 31.4 Å². The minimum Gasteiger partial charge on any atom is -0.328 e. The topological polar surface area (TPSA) is 56.2 Å². The monoisotopic (exact) mass is 294 g/mol. The maximum Gasteiger partial charge on any atom is 0.161 e. The molecule has 2 aromatic rings. The first kappa shape index (κ1) is 11.2. The van der Waals surface area contributed by atoms with Crippen molar-refractivity contribution >= 4 is 21.6 Å². The van der Waals surface area contributed by atoms with E-state index in [1.54, 1.807) is 0 Å². The molecule has 0 radical (unpaired) electrons. The van der Waals surface area contributed by atoms with Crippen molar-refractivity contribution in [3.63, 3.8) is 0 Å². The molecule has 0 aliphatic heterocycles. The van der Waals surface area contributed by atoms with E-state index in [0.717, 1.165) is 28.8 Å². The molecule has 2 heterocycles. The van der Waals surface area contributed by atoms with E-state index in [1.165, 1.54) is 12.8 Å². The van der Waals surface area contributed by atoms with Gasteiger partial charge in [-0.1, -0.05) is 22.4 Å². The summed E-state index contributed by atoms with van der Waals surface area (Å²) in [6.45, 7) is 0. The number of pyridine rings is 1. The molecule has 3 rings (SSSR count). The van der Waals surface area contributed by atoms with Gasteiger partial charge in [0.25, 0.3) is 0 Å². The van der Waals surface area contributed by atoms with E-state index in [0.29, 0.717) is 12.0 Å². The SMILES string of the molecule is N[C@@H]1CCC[C@H](c2nnc3cc(Br)ccn23)C1. The Morgan fingerprint density at radius 1 is 1.35 bits per heavy atom. The minimum absolute atomic E-state index is 0.316. The van der Waals surface area contributed by atoms with E-state index in [4.69, 9.17) is 5.73 Å². The van der Waals surface area contributed by atoms with E-state index in [9.17, 15) is 0 Å². The lowest BCUT2D eigenvalue weighted by Gasteiger charge is -2.25. The zero-order chi connectivity index (χ0) is 11.8. The van der Waals surface area contributed by atoms with Crippen LogP contribution in [-0.4, -0.2) is 20.6 Å². The molecule has 4 nitrogen and oxygen atoms in total. The van der Waals surface area contributed by atoms with Gasteiger partial charge in [-0.15, -0.1) is 10.2 Å². The van der Waals surface area contributed by atoms with Crippen molar-refractivity contribution in [2.45, 2.75) is 37.6 Å². The molecule has 0 spiro atoms. The summed E-state index contributed by atoms with van der Waals surface area (Å²) in [5.74, 6) is 1.51. The van der Waals surface area contributed by atoms with Crippen LogP contribution in [0.25, 0.3) is 5.65 Å². The Morgan fingerprint density at radius 3 is 3.06 bits per heavy atom. The highest BCUT2D eigenvalue weighted by Crippen LogP contribution is 2.31. The fraction of sp³-hybridized carbons (Fsp3) is 0.500. The van der Waals surface area contributed by atoms with E-state index < -0.39 is 0 Å². The lowest BCUT2D eigenvalue weighted by molar-refractivity contribution is 0.380. The largest absolute Gasteiger partial charge is 0.328 e. The molecule has 5 heteroatoms. The van der Waals surface area contributed by atoms with E-state index in [2.05, 4.69) is 30.5 Å². The normalized spacial score (nSPS) is 25.3. The predicted molar refractivity (Wildman–Crippen MR) is 69.9 cm³/mol. The van der Waals surface area contributed by atoms with Crippen LogP contribution >= 0.6 is 15.9 Å². The zero-order valence-corrected chi connectivity index (χ0v) is 11.1. The highest BCUT2D eigenvalue weighted by molar-refractivity contribution is 9.10. The molecule has 0 unspecified atom stereocenters. The number of nitrogens with zero attached hydrogens (tertiary/aromatic N) is 3. The number of hydrogen-bond donors (Lipinski definition) is 1. The third-order valence-electron chi connectivity index (χ3n) is 3.48. The molecule has 2 aromatic heterocycles. The lowest BCUT2D eigenvalue weighted by atomic mass is 9.85. The summed E-state index contributed by atoms with van der Waals surface area (Å²) in [5, 5.41) is 8.55. The molecule has 0 amide bonds. The molecule has 17 heavy (non-hydrogen) atoms. The lowest BCUT2D eigenvalue weighted by Crippen LogP contribution is -2.27. The molecular formula is C12H15BrN4. The summed E-state index contributed by atoms with van der Waals surface area (Å²) in [5.41, 5.74) is 6.93. The summed E-state index contributed by atoms with van der Waals surface area (Å²) in [6.07, 6.45) is 6.55. The van der Waals surface area contributed by atoms with E-state index in [-0.39, 0.29) is 0 Å². The number of fused-ring (bicyclic) bond motifs is 1. The molecule has 2 N–H and O–H groups in total. The van der Waals surface area contributed by atoms with Crippen LogP contribution in [0.15, 0.2) is 22.8 Å². The molecule has 1 saturated carbocycles. The number of halogens is 1. The van der Waals surface area contributed by atoms with Gasteiger partial charge in [-0.25, -0.2) is 0 Å². The first-order valence-electron chi connectivity index (χ1n) is 6.00. The van der Waals surface area contributed by atoms with Crippen molar-refractivity contribution in [1.82, 2.24) is 14.6 Å². The predicted octanol–water partition coefficient (Wildman–Crippen LogP) is 2.48. The highest BCUT2D eigenvalue weighted by Gasteiger charge is 2.24. The Hall–Kier alpha value is -0.940. The van der Waals surface area contributed by atoms with Crippen molar-refractivity contribution in [3.8, 4) is 0 Å². The van der Waals surface area contributed by atoms with Crippen molar-refractivity contribution in [3.05, 3.63) is 28.6 Å². The summed E-state index contributed by atoms with van der Waals surface area (Å²) in [6, 6.07) is 4.32. The van der Waals surface area contributed by atoms with Crippen LogP contribution in [-0.2, 0) is 0 Å².